The maximum atomic E-state index is 14.0. The van der Waals surface area contributed by atoms with Crippen LogP contribution >= 0.6 is 23.2 Å². The lowest BCUT2D eigenvalue weighted by molar-refractivity contribution is -0.131. The number of amides is 2. The fraction of sp³-hybridized carbons (Fsp3) is 0.412. The van der Waals surface area contributed by atoms with Gasteiger partial charge in [0.15, 0.2) is 4.75 Å². The molecular weight excluding hydrogens is 601 g/mol. The molecule has 1 fully saturated rings. The number of benzene rings is 3. The lowest BCUT2D eigenvalue weighted by Crippen LogP contribution is -2.56. The molecule has 2 aliphatic heterocycles. The molecule has 2 aliphatic rings. The Labute approximate surface area is 268 Å². The van der Waals surface area contributed by atoms with Crippen LogP contribution in [-0.2, 0) is 32.0 Å². The van der Waals surface area contributed by atoms with E-state index in [1.165, 1.54) is 11.1 Å². The monoisotopic (exact) mass is 639 g/mol. The topological polar surface area (TPSA) is 66.9 Å². The van der Waals surface area contributed by atoms with Crippen molar-refractivity contribution in [2.45, 2.75) is 48.6 Å². The number of likely N-dealkylation sites (N-methyl/N-ethyl adjacent to an activating group) is 2. The average Bonchev–Trinajstić information content (AvgIpc) is 3.30. The van der Waals surface area contributed by atoms with Crippen molar-refractivity contribution < 1.29 is 14.1 Å². The molecule has 0 aromatic heterocycles. The predicted molar refractivity (Wildman–Crippen MR) is 175 cm³/mol. The highest BCUT2D eigenvalue weighted by molar-refractivity contribution is 7.92. The van der Waals surface area contributed by atoms with Gasteiger partial charge in [-0.25, -0.2) is 0 Å². The fourth-order valence-corrected chi connectivity index (χ4v) is 8.95. The van der Waals surface area contributed by atoms with E-state index in [-0.39, 0.29) is 16.6 Å². The van der Waals surface area contributed by atoms with Crippen molar-refractivity contribution in [2.75, 3.05) is 40.3 Å². The third-order valence-electron chi connectivity index (χ3n) is 9.39. The summed E-state index contributed by atoms with van der Waals surface area (Å²) in [4.78, 5) is 32.8. The Morgan fingerprint density at radius 2 is 1.65 bits per heavy atom. The maximum Gasteiger partial charge on any atom is 0.254 e. The molecule has 3 aromatic carbocycles. The summed E-state index contributed by atoms with van der Waals surface area (Å²) in [7, 11) is 3.60. The number of hydrogen-bond acceptors (Lipinski definition) is 4. The predicted octanol–water partition coefficient (Wildman–Crippen LogP) is 6.47. The maximum absolute atomic E-state index is 14.0. The Balaban J connectivity index is 1.47. The minimum atomic E-state index is -0.935. The average molecular weight is 641 g/mol. The van der Waals surface area contributed by atoms with Gasteiger partial charge in [-0.1, -0.05) is 78.7 Å². The first-order valence-corrected chi connectivity index (χ1v) is 16.9. The van der Waals surface area contributed by atoms with E-state index in [4.69, 9.17) is 23.2 Å². The Bertz CT molecular complexity index is 1460. The van der Waals surface area contributed by atoms with Crippen LogP contribution in [0.1, 0.15) is 59.7 Å². The largest absolute Gasteiger partial charge is 0.615 e. The number of halogens is 2. The first kappa shape index (κ1) is 31.9. The second-order valence-electron chi connectivity index (χ2n) is 11.7. The standard InChI is InChI=1S/C34H39Cl2N3O3S/c1-4-31(40)37(2)24-33(27-14-15-29(35)30(36)22-27,38(3)32(41)25-10-6-5-7-11-25)16-19-39-20-17-34(18-21-39)28-13-9-8-12-26(28)23-43(34)42/h5-15,22H,4,16-21,23-24H2,1-3H3/t33-,43?/m1/s1. The van der Waals surface area contributed by atoms with Gasteiger partial charge in [0, 0.05) is 76.2 Å². The smallest absolute Gasteiger partial charge is 0.254 e. The summed E-state index contributed by atoms with van der Waals surface area (Å²) in [5.74, 6) is 0.479. The summed E-state index contributed by atoms with van der Waals surface area (Å²) >= 11 is 12.0. The third kappa shape index (κ3) is 6.20. The zero-order chi connectivity index (χ0) is 30.8. The SMILES string of the molecule is CCC(=O)N(C)C[C@](CCN1CCC2(CC1)c1ccccc1C[S+]2[O-])(c1ccc(Cl)c(Cl)c1)N(C)C(=O)c1ccccc1. The minimum absolute atomic E-state index is 0.00714. The molecule has 0 saturated carbocycles. The van der Waals surface area contributed by atoms with E-state index in [2.05, 4.69) is 23.1 Å². The van der Waals surface area contributed by atoms with Crippen molar-refractivity contribution >= 4 is 46.2 Å². The highest BCUT2D eigenvalue weighted by atomic mass is 35.5. The number of nitrogens with zero attached hydrogens (tertiary/aromatic N) is 3. The summed E-state index contributed by atoms with van der Waals surface area (Å²) in [6, 6.07) is 23.0. The van der Waals surface area contributed by atoms with Crippen LogP contribution in [0.4, 0.5) is 0 Å². The van der Waals surface area contributed by atoms with Crippen molar-refractivity contribution in [3.63, 3.8) is 0 Å². The summed E-state index contributed by atoms with van der Waals surface area (Å²) in [5, 5.41) is 0.830. The molecule has 2 atom stereocenters. The van der Waals surface area contributed by atoms with Crippen LogP contribution in [0.3, 0.4) is 0 Å². The molecule has 228 valence electrons. The number of likely N-dealkylation sites (tertiary alicyclic amines) is 1. The number of rotatable bonds is 9. The van der Waals surface area contributed by atoms with Crippen LogP contribution in [0.2, 0.25) is 10.0 Å². The summed E-state index contributed by atoms with van der Waals surface area (Å²) in [5.41, 5.74) is 2.95. The fourth-order valence-electron chi connectivity index (χ4n) is 6.76. The van der Waals surface area contributed by atoms with Gasteiger partial charge in [0.25, 0.3) is 5.91 Å². The number of carbonyl (C=O) groups is 2. The molecule has 1 saturated heterocycles. The summed E-state index contributed by atoms with van der Waals surface area (Å²) < 4.78 is 13.1. The van der Waals surface area contributed by atoms with E-state index in [0.717, 1.165) is 31.5 Å². The molecule has 0 aliphatic carbocycles. The molecule has 3 aromatic rings. The van der Waals surface area contributed by atoms with Gasteiger partial charge in [-0.15, -0.1) is 0 Å². The van der Waals surface area contributed by atoms with Gasteiger partial charge < -0.3 is 19.3 Å². The molecular formula is C34H39Cl2N3O3S. The van der Waals surface area contributed by atoms with E-state index < -0.39 is 16.7 Å². The second kappa shape index (κ2) is 13.2. The van der Waals surface area contributed by atoms with Crippen molar-refractivity contribution in [1.82, 2.24) is 14.7 Å². The van der Waals surface area contributed by atoms with Crippen LogP contribution in [0.25, 0.3) is 0 Å². The highest BCUT2D eigenvalue weighted by Gasteiger charge is 2.52. The molecule has 5 rings (SSSR count). The molecule has 2 amide bonds. The Morgan fingerprint density at radius 1 is 0.977 bits per heavy atom. The Morgan fingerprint density at radius 3 is 2.33 bits per heavy atom. The van der Waals surface area contributed by atoms with Gasteiger partial charge in [-0.05, 0) is 47.4 Å². The minimum Gasteiger partial charge on any atom is -0.615 e. The van der Waals surface area contributed by atoms with Crippen LogP contribution in [0, 0.1) is 0 Å². The highest BCUT2D eigenvalue weighted by Crippen LogP contribution is 2.49. The second-order valence-corrected chi connectivity index (χ2v) is 14.3. The quantitative estimate of drug-likeness (QED) is 0.252. The Kier molecular flexibility index (Phi) is 9.79. The van der Waals surface area contributed by atoms with Crippen molar-refractivity contribution in [3.05, 3.63) is 105 Å². The van der Waals surface area contributed by atoms with Gasteiger partial charge in [0.2, 0.25) is 5.91 Å². The van der Waals surface area contributed by atoms with Gasteiger partial charge in [0.05, 0.1) is 15.6 Å². The number of hydrogen-bond donors (Lipinski definition) is 0. The van der Waals surface area contributed by atoms with E-state index in [0.29, 0.717) is 47.3 Å². The van der Waals surface area contributed by atoms with Gasteiger partial charge >= 0.3 is 0 Å². The summed E-state index contributed by atoms with van der Waals surface area (Å²) in [6.45, 7) is 4.43. The molecule has 1 spiro atoms. The zero-order valence-electron chi connectivity index (χ0n) is 25.0. The molecule has 43 heavy (non-hydrogen) atoms. The zero-order valence-corrected chi connectivity index (χ0v) is 27.4. The van der Waals surface area contributed by atoms with Crippen molar-refractivity contribution in [1.29, 1.82) is 0 Å². The van der Waals surface area contributed by atoms with E-state index >= 15 is 0 Å². The molecule has 6 nitrogen and oxygen atoms in total. The molecule has 0 bridgehead atoms. The van der Waals surface area contributed by atoms with Gasteiger partial charge in [-0.2, -0.15) is 0 Å². The number of piperidine rings is 1. The van der Waals surface area contributed by atoms with E-state index in [9.17, 15) is 14.1 Å². The van der Waals surface area contributed by atoms with Gasteiger partial charge in [0.1, 0.15) is 5.75 Å². The first-order valence-electron chi connectivity index (χ1n) is 14.8. The van der Waals surface area contributed by atoms with E-state index in [1.807, 2.05) is 62.5 Å². The van der Waals surface area contributed by atoms with Crippen LogP contribution < -0.4 is 0 Å². The molecule has 1 unspecified atom stereocenters. The lowest BCUT2D eigenvalue weighted by Gasteiger charge is -2.46. The van der Waals surface area contributed by atoms with Gasteiger partial charge in [-0.3, -0.25) is 9.59 Å². The Hall–Kier alpha value is -2.55. The molecule has 9 heteroatoms. The molecule has 0 radical (unpaired) electrons. The summed E-state index contributed by atoms with van der Waals surface area (Å²) in [6.07, 6.45) is 2.57. The van der Waals surface area contributed by atoms with E-state index in [1.54, 1.807) is 22.9 Å². The van der Waals surface area contributed by atoms with Crippen molar-refractivity contribution in [2.24, 2.45) is 0 Å². The molecule has 2 heterocycles. The van der Waals surface area contributed by atoms with Crippen molar-refractivity contribution in [3.8, 4) is 0 Å². The number of fused-ring (bicyclic) bond motifs is 2. The third-order valence-corrected chi connectivity index (χ3v) is 12.2. The lowest BCUT2D eigenvalue weighted by atomic mass is 9.82. The molecule has 0 N–H and O–H groups in total. The van der Waals surface area contributed by atoms with Crippen LogP contribution in [0.15, 0.2) is 72.8 Å². The first-order chi connectivity index (χ1) is 20.6. The van der Waals surface area contributed by atoms with Crippen LogP contribution in [-0.4, -0.2) is 71.3 Å². The number of carbonyl (C=O) groups excluding carboxylic acids is 2. The normalized spacial score (nSPS) is 19.1. The van der Waals surface area contributed by atoms with Crippen LogP contribution in [0.5, 0.6) is 0 Å².